The summed E-state index contributed by atoms with van der Waals surface area (Å²) in [6.07, 6.45) is 2.25. The van der Waals surface area contributed by atoms with Crippen LogP contribution in [0.15, 0.2) is 18.2 Å². The average molecular weight is 232 g/mol. The van der Waals surface area contributed by atoms with Crippen LogP contribution in [0.2, 0.25) is 0 Å². The minimum Gasteiger partial charge on any atom is -0.374 e. The standard InChI is InChI=1S/C14H20N2O/c1-9-5-4-6-13(10(9)2)15-11(3)14(17)16-12-7-8-12/h4-6,11-12,15H,7-8H2,1-3H3,(H,16,17)/t11-/m1/s1. The summed E-state index contributed by atoms with van der Waals surface area (Å²) in [7, 11) is 0. The molecule has 1 saturated carbocycles. The maximum absolute atomic E-state index is 11.8. The Morgan fingerprint density at radius 3 is 2.71 bits per heavy atom. The second-order valence-corrected chi connectivity index (χ2v) is 4.90. The van der Waals surface area contributed by atoms with Crippen molar-refractivity contribution in [1.82, 2.24) is 5.32 Å². The molecule has 92 valence electrons. The molecule has 3 nitrogen and oxygen atoms in total. The Kier molecular flexibility index (Phi) is 3.36. The van der Waals surface area contributed by atoms with E-state index in [-0.39, 0.29) is 11.9 Å². The van der Waals surface area contributed by atoms with Crippen molar-refractivity contribution in [1.29, 1.82) is 0 Å². The van der Waals surface area contributed by atoms with Crippen molar-refractivity contribution in [2.75, 3.05) is 5.32 Å². The molecule has 0 bridgehead atoms. The molecule has 2 N–H and O–H groups in total. The van der Waals surface area contributed by atoms with Crippen LogP contribution in [0.1, 0.15) is 30.9 Å². The van der Waals surface area contributed by atoms with E-state index in [2.05, 4.69) is 30.5 Å². The zero-order valence-electron chi connectivity index (χ0n) is 10.7. The van der Waals surface area contributed by atoms with E-state index in [1.165, 1.54) is 11.1 Å². The Bertz CT molecular complexity index is 424. The van der Waals surface area contributed by atoms with Crippen LogP contribution >= 0.6 is 0 Å². The van der Waals surface area contributed by atoms with Gasteiger partial charge in [-0.2, -0.15) is 0 Å². The number of nitrogens with one attached hydrogen (secondary N) is 2. The average Bonchev–Trinajstić information content (AvgIpc) is 3.08. The Morgan fingerprint density at radius 2 is 2.06 bits per heavy atom. The highest BCUT2D eigenvalue weighted by Gasteiger charge is 2.25. The number of carbonyl (C=O) groups excluding carboxylic acids is 1. The van der Waals surface area contributed by atoms with Crippen LogP contribution in [-0.2, 0) is 4.79 Å². The summed E-state index contributed by atoms with van der Waals surface area (Å²) in [5.41, 5.74) is 3.49. The molecule has 1 aliphatic rings. The molecule has 0 aromatic heterocycles. The van der Waals surface area contributed by atoms with Crippen molar-refractivity contribution in [3.8, 4) is 0 Å². The first kappa shape index (κ1) is 12.0. The molecule has 1 aliphatic carbocycles. The van der Waals surface area contributed by atoms with Crippen molar-refractivity contribution < 1.29 is 4.79 Å². The zero-order valence-corrected chi connectivity index (χ0v) is 10.7. The third-order valence-corrected chi connectivity index (χ3v) is 3.29. The van der Waals surface area contributed by atoms with Gasteiger partial charge in [0.05, 0.1) is 0 Å². The van der Waals surface area contributed by atoms with E-state index in [9.17, 15) is 4.79 Å². The van der Waals surface area contributed by atoms with Crippen molar-refractivity contribution >= 4 is 11.6 Å². The Hall–Kier alpha value is -1.51. The van der Waals surface area contributed by atoms with Crippen molar-refractivity contribution in [3.63, 3.8) is 0 Å². The predicted octanol–water partition coefficient (Wildman–Crippen LogP) is 2.38. The lowest BCUT2D eigenvalue weighted by molar-refractivity contribution is -0.121. The van der Waals surface area contributed by atoms with Crippen LogP contribution in [0.4, 0.5) is 5.69 Å². The van der Waals surface area contributed by atoms with E-state index in [1.54, 1.807) is 0 Å². The maximum Gasteiger partial charge on any atom is 0.242 e. The van der Waals surface area contributed by atoms with Crippen molar-refractivity contribution in [3.05, 3.63) is 29.3 Å². The Balaban J connectivity index is 1.99. The minimum absolute atomic E-state index is 0.0911. The van der Waals surface area contributed by atoms with Gasteiger partial charge in [-0.25, -0.2) is 0 Å². The van der Waals surface area contributed by atoms with Crippen LogP contribution in [0.3, 0.4) is 0 Å². The molecule has 1 atom stereocenters. The monoisotopic (exact) mass is 232 g/mol. The zero-order chi connectivity index (χ0) is 12.4. The number of aryl methyl sites for hydroxylation is 1. The normalized spacial score (nSPS) is 16.4. The lowest BCUT2D eigenvalue weighted by Crippen LogP contribution is -2.38. The van der Waals surface area contributed by atoms with Crippen LogP contribution in [0.5, 0.6) is 0 Å². The molecule has 2 rings (SSSR count). The molecule has 0 heterocycles. The SMILES string of the molecule is Cc1cccc(N[C@H](C)C(=O)NC2CC2)c1C. The minimum atomic E-state index is -0.184. The molecule has 1 amide bonds. The number of hydrogen-bond acceptors (Lipinski definition) is 2. The van der Waals surface area contributed by atoms with E-state index < -0.39 is 0 Å². The summed E-state index contributed by atoms with van der Waals surface area (Å²) in [6.45, 7) is 6.05. The van der Waals surface area contributed by atoms with E-state index in [0.29, 0.717) is 6.04 Å². The smallest absolute Gasteiger partial charge is 0.242 e. The highest BCUT2D eigenvalue weighted by molar-refractivity contribution is 5.85. The molecule has 0 radical (unpaired) electrons. The molecule has 0 unspecified atom stereocenters. The van der Waals surface area contributed by atoms with E-state index in [1.807, 2.05) is 19.1 Å². The first-order chi connectivity index (χ1) is 8.08. The first-order valence-electron chi connectivity index (χ1n) is 6.21. The second kappa shape index (κ2) is 4.78. The lowest BCUT2D eigenvalue weighted by atomic mass is 10.1. The summed E-state index contributed by atoms with van der Waals surface area (Å²) in [5.74, 6) is 0.0911. The number of benzene rings is 1. The van der Waals surface area contributed by atoms with Gasteiger partial charge >= 0.3 is 0 Å². The van der Waals surface area contributed by atoms with Gasteiger partial charge in [-0.1, -0.05) is 12.1 Å². The largest absolute Gasteiger partial charge is 0.374 e. The van der Waals surface area contributed by atoms with Crippen LogP contribution in [0.25, 0.3) is 0 Å². The fourth-order valence-corrected chi connectivity index (χ4v) is 1.76. The van der Waals surface area contributed by atoms with Gasteiger partial charge in [-0.3, -0.25) is 4.79 Å². The van der Waals surface area contributed by atoms with Crippen LogP contribution in [-0.4, -0.2) is 18.0 Å². The van der Waals surface area contributed by atoms with Gasteiger partial charge in [-0.15, -0.1) is 0 Å². The van der Waals surface area contributed by atoms with Crippen LogP contribution < -0.4 is 10.6 Å². The molecule has 1 fully saturated rings. The third kappa shape index (κ3) is 2.99. The van der Waals surface area contributed by atoms with Gasteiger partial charge in [0.15, 0.2) is 0 Å². The quantitative estimate of drug-likeness (QED) is 0.837. The van der Waals surface area contributed by atoms with E-state index in [0.717, 1.165) is 18.5 Å². The fraction of sp³-hybridized carbons (Fsp3) is 0.500. The van der Waals surface area contributed by atoms with Gasteiger partial charge in [0.25, 0.3) is 0 Å². The summed E-state index contributed by atoms with van der Waals surface area (Å²) in [6, 6.07) is 6.34. The number of carbonyl (C=O) groups is 1. The molecule has 1 aromatic carbocycles. The highest BCUT2D eigenvalue weighted by Crippen LogP contribution is 2.20. The van der Waals surface area contributed by atoms with Gasteiger partial charge in [-0.05, 0) is 50.8 Å². The maximum atomic E-state index is 11.8. The number of anilines is 1. The van der Waals surface area contributed by atoms with E-state index in [4.69, 9.17) is 0 Å². The molecule has 0 aliphatic heterocycles. The lowest BCUT2D eigenvalue weighted by Gasteiger charge is -2.17. The first-order valence-corrected chi connectivity index (χ1v) is 6.21. The van der Waals surface area contributed by atoms with Gasteiger partial charge < -0.3 is 10.6 Å². The Morgan fingerprint density at radius 1 is 1.35 bits per heavy atom. The van der Waals surface area contributed by atoms with Crippen LogP contribution in [0, 0.1) is 13.8 Å². The number of amides is 1. The van der Waals surface area contributed by atoms with Crippen molar-refractivity contribution in [2.45, 2.75) is 45.7 Å². The molecular weight excluding hydrogens is 212 g/mol. The molecule has 3 heteroatoms. The molecular formula is C14H20N2O. The third-order valence-electron chi connectivity index (χ3n) is 3.29. The summed E-state index contributed by atoms with van der Waals surface area (Å²) < 4.78 is 0. The molecule has 1 aromatic rings. The number of rotatable bonds is 4. The summed E-state index contributed by atoms with van der Waals surface area (Å²) in [5, 5.41) is 6.28. The molecule has 17 heavy (non-hydrogen) atoms. The second-order valence-electron chi connectivity index (χ2n) is 4.90. The predicted molar refractivity (Wildman–Crippen MR) is 70.2 cm³/mol. The van der Waals surface area contributed by atoms with Crippen molar-refractivity contribution in [2.24, 2.45) is 0 Å². The van der Waals surface area contributed by atoms with Gasteiger partial charge in [0.2, 0.25) is 5.91 Å². The van der Waals surface area contributed by atoms with Gasteiger partial charge in [0, 0.05) is 11.7 Å². The van der Waals surface area contributed by atoms with Gasteiger partial charge in [0.1, 0.15) is 6.04 Å². The topological polar surface area (TPSA) is 41.1 Å². The van der Waals surface area contributed by atoms with E-state index >= 15 is 0 Å². The summed E-state index contributed by atoms with van der Waals surface area (Å²) in [4.78, 5) is 11.8. The molecule has 0 saturated heterocycles. The fourth-order valence-electron chi connectivity index (χ4n) is 1.76. The summed E-state index contributed by atoms with van der Waals surface area (Å²) >= 11 is 0. The molecule has 0 spiro atoms. The number of hydrogen-bond donors (Lipinski definition) is 2. The Labute approximate surface area is 103 Å². The highest BCUT2D eigenvalue weighted by atomic mass is 16.2.